The van der Waals surface area contributed by atoms with Gasteiger partial charge < -0.3 is 0 Å². The number of hydrogen-bond acceptors (Lipinski definition) is 3. The molecule has 0 radical (unpaired) electrons. The first-order valence-electron chi connectivity index (χ1n) is 5.29. The molecule has 1 aromatic carbocycles. The monoisotopic (exact) mass is 242 g/mol. The van der Waals surface area contributed by atoms with Crippen molar-refractivity contribution in [3.63, 3.8) is 0 Å². The molecule has 2 heterocycles. The Labute approximate surface area is 102 Å². The molecule has 3 rings (SSSR count). The molecule has 0 fully saturated rings. The summed E-state index contributed by atoms with van der Waals surface area (Å²) in [4.78, 5) is 17.5. The van der Waals surface area contributed by atoms with Crippen LogP contribution in [0.25, 0.3) is 11.0 Å². The first-order valence-corrected chi connectivity index (χ1v) is 6.17. The predicted molar refractivity (Wildman–Crippen MR) is 68.5 cm³/mol. The first-order chi connectivity index (χ1) is 8.27. The van der Waals surface area contributed by atoms with E-state index in [1.165, 1.54) is 11.3 Å². The van der Waals surface area contributed by atoms with E-state index in [0.29, 0.717) is 0 Å². The van der Waals surface area contributed by atoms with Gasteiger partial charge in [0, 0.05) is 0 Å². The van der Waals surface area contributed by atoms with E-state index in [1.807, 2.05) is 48.7 Å². The van der Waals surface area contributed by atoms with Crippen molar-refractivity contribution >= 4 is 28.3 Å². The second kappa shape index (κ2) is 3.82. The van der Waals surface area contributed by atoms with Crippen LogP contribution >= 0.6 is 11.3 Å². The van der Waals surface area contributed by atoms with Crippen molar-refractivity contribution in [3.05, 3.63) is 52.5 Å². The number of carbonyl (C=O) groups excluding carboxylic acids is 1. The molecule has 3 nitrogen and oxygen atoms in total. The highest BCUT2D eigenvalue weighted by Gasteiger charge is 2.15. The number of rotatable bonds is 1. The summed E-state index contributed by atoms with van der Waals surface area (Å²) < 4.78 is 1.67. The van der Waals surface area contributed by atoms with Crippen molar-refractivity contribution in [1.82, 2.24) is 9.55 Å². The molecular weight excluding hydrogens is 232 g/mol. The number of aromatic nitrogens is 2. The van der Waals surface area contributed by atoms with E-state index in [0.717, 1.165) is 21.7 Å². The van der Waals surface area contributed by atoms with Crippen molar-refractivity contribution in [2.75, 3.05) is 0 Å². The molecule has 0 amide bonds. The van der Waals surface area contributed by atoms with Crippen LogP contribution in [0.3, 0.4) is 0 Å². The summed E-state index contributed by atoms with van der Waals surface area (Å²) in [6, 6.07) is 11.4. The zero-order valence-electron chi connectivity index (χ0n) is 9.25. The summed E-state index contributed by atoms with van der Waals surface area (Å²) in [5.41, 5.74) is 1.72. The maximum Gasteiger partial charge on any atom is 0.273 e. The lowest BCUT2D eigenvalue weighted by molar-refractivity contribution is 0.0966. The molecule has 0 saturated carbocycles. The van der Waals surface area contributed by atoms with Gasteiger partial charge in [-0.05, 0) is 30.5 Å². The van der Waals surface area contributed by atoms with Crippen molar-refractivity contribution < 1.29 is 4.79 Å². The largest absolute Gasteiger partial charge is 0.273 e. The number of benzene rings is 1. The standard InChI is InChI=1S/C13H10N2OS/c1-9-14-10-5-2-3-6-11(10)15(9)13(16)12-7-4-8-17-12/h2-8H,1H3. The fourth-order valence-corrected chi connectivity index (χ4v) is 2.57. The minimum absolute atomic E-state index is 0.00815. The van der Waals surface area contributed by atoms with E-state index in [1.54, 1.807) is 4.57 Å². The van der Waals surface area contributed by atoms with Crippen LogP contribution in [0.2, 0.25) is 0 Å². The third-order valence-corrected chi connectivity index (χ3v) is 3.52. The Balaban J connectivity index is 2.24. The van der Waals surface area contributed by atoms with Gasteiger partial charge in [0.25, 0.3) is 5.91 Å². The molecule has 0 unspecified atom stereocenters. The summed E-state index contributed by atoms with van der Waals surface area (Å²) >= 11 is 1.45. The molecule has 0 atom stereocenters. The lowest BCUT2D eigenvalue weighted by Crippen LogP contribution is -2.11. The van der Waals surface area contributed by atoms with Crippen molar-refractivity contribution in [2.45, 2.75) is 6.92 Å². The van der Waals surface area contributed by atoms with Gasteiger partial charge in [0.1, 0.15) is 5.82 Å². The van der Waals surface area contributed by atoms with Crippen LogP contribution in [0.4, 0.5) is 0 Å². The summed E-state index contributed by atoms with van der Waals surface area (Å²) in [7, 11) is 0. The fraction of sp³-hybridized carbons (Fsp3) is 0.0769. The van der Waals surface area contributed by atoms with Crippen molar-refractivity contribution in [2.24, 2.45) is 0 Å². The number of para-hydroxylation sites is 2. The Morgan fingerprint density at radius 2 is 2.06 bits per heavy atom. The molecular formula is C13H10N2OS. The lowest BCUT2D eigenvalue weighted by atomic mass is 10.3. The first kappa shape index (κ1) is 10.2. The van der Waals surface area contributed by atoms with Gasteiger partial charge in [-0.15, -0.1) is 11.3 Å². The van der Waals surface area contributed by atoms with Crippen molar-refractivity contribution in [3.8, 4) is 0 Å². The van der Waals surface area contributed by atoms with E-state index >= 15 is 0 Å². The normalized spacial score (nSPS) is 10.9. The number of carbonyl (C=O) groups is 1. The molecule has 0 aliphatic rings. The van der Waals surface area contributed by atoms with E-state index in [-0.39, 0.29) is 5.91 Å². The average Bonchev–Trinajstić information content (AvgIpc) is 2.94. The van der Waals surface area contributed by atoms with Gasteiger partial charge in [0.2, 0.25) is 0 Å². The zero-order valence-corrected chi connectivity index (χ0v) is 10.1. The van der Waals surface area contributed by atoms with E-state index in [4.69, 9.17) is 0 Å². The minimum Gasteiger partial charge on any atom is -0.267 e. The minimum atomic E-state index is -0.00815. The summed E-state index contributed by atoms with van der Waals surface area (Å²) in [6.45, 7) is 1.85. The molecule has 0 spiro atoms. The lowest BCUT2D eigenvalue weighted by Gasteiger charge is -2.02. The molecule has 0 saturated heterocycles. The van der Waals surface area contributed by atoms with Crippen LogP contribution in [0, 0.1) is 6.92 Å². The van der Waals surface area contributed by atoms with Crippen molar-refractivity contribution in [1.29, 1.82) is 0 Å². The Morgan fingerprint density at radius 1 is 1.24 bits per heavy atom. The Kier molecular flexibility index (Phi) is 2.30. The van der Waals surface area contributed by atoms with Gasteiger partial charge in [0.05, 0.1) is 15.9 Å². The number of fused-ring (bicyclic) bond motifs is 1. The number of hydrogen-bond donors (Lipinski definition) is 0. The summed E-state index contributed by atoms with van der Waals surface area (Å²) in [5, 5.41) is 1.90. The number of nitrogens with zero attached hydrogens (tertiary/aromatic N) is 2. The molecule has 17 heavy (non-hydrogen) atoms. The van der Waals surface area contributed by atoms with Crippen LogP contribution < -0.4 is 0 Å². The molecule has 0 aliphatic heterocycles. The van der Waals surface area contributed by atoms with Crippen LogP contribution in [0.1, 0.15) is 15.5 Å². The van der Waals surface area contributed by atoms with Gasteiger partial charge in [-0.2, -0.15) is 0 Å². The predicted octanol–water partition coefficient (Wildman–Crippen LogP) is 3.09. The second-order valence-electron chi connectivity index (χ2n) is 3.77. The maximum absolute atomic E-state index is 12.3. The molecule has 0 N–H and O–H groups in total. The van der Waals surface area contributed by atoms with Gasteiger partial charge >= 0.3 is 0 Å². The van der Waals surface area contributed by atoms with Gasteiger partial charge in [-0.3, -0.25) is 9.36 Å². The number of imidazole rings is 1. The Bertz CT molecular complexity index is 683. The molecule has 4 heteroatoms. The third-order valence-electron chi connectivity index (χ3n) is 2.66. The molecule has 0 aliphatic carbocycles. The van der Waals surface area contributed by atoms with E-state index < -0.39 is 0 Å². The summed E-state index contributed by atoms with van der Waals surface area (Å²) in [6.07, 6.45) is 0. The van der Waals surface area contributed by atoms with Gasteiger partial charge in [-0.25, -0.2) is 4.98 Å². The fourth-order valence-electron chi connectivity index (χ4n) is 1.91. The highest BCUT2D eigenvalue weighted by molar-refractivity contribution is 7.12. The number of aryl methyl sites for hydroxylation is 1. The average molecular weight is 242 g/mol. The molecule has 84 valence electrons. The Morgan fingerprint density at radius 3 is 2.82 bits per heavy atom. The quantitative estimate of drug-likeness (QED) is 0.657. The topological polar surface area (TPSA) is 34.9 Å². The third kappa shape index (κ3) is 1.57. The zero-order chi connectivity index (χ0) is 11.8. The maximum atomic E-state index is 12.3. The van der Waals surface area contributed by atoms with Crippen LogP contribution in [0.5, 0.6) is 0 Å². The van der Waals surface area contributed by atoms with Crippen LogP contribution in [-0.4, -0.2) is 15.5 Å². The Hall–Kier alpha value is -1.94. The molecule has 2 aromatic heterocycles. The molecule has 0 bridgehead atoms. The van der Waals surface area contributed by atoms with E-state index in [9.17, 15) is 4.79 Å². The van der Waals surface area contributed by atoms with Crippen LogP contribution in [-0.2, 0) is 0 Å². The van der Waals surface area contributed by atoms with E-state index in [2.05, 4.69) is 4.98 Å². The van der Waals surface area contributed by atoms with Crippen LogP contribution in [0.15, 0.2) is 41.8 Å². The highest BCUT2D eigenvalue weighted by Crippen LogP contribution is 2.19. The van der Waals surface area contributed by atoms with Gasteiger partial charge in [-0.1, -0.05) is 18.2 Å². The number of thiophene rings is 1. The molecule has 3 aromatic rings. The summed E-state index contributed by atoms with van der Waals surface area (Å²) in [5.74, 6) is 0.718. The smallest absolute Gasteiger partial charge is 0.267 e. The SMILES string of the molecule is Cc1nc2ccccc2n1C(=O)c1cccs1. The highest BCUT2D eigenvalue weighted by atomic mass is 32.1. The van der Waals surface area contributed by atoms with Gasteiger partial charge in [0.15, 0.2) is 0 Å². The second-order valence-corrected chi connectivity index (χ2v) is 4.71.